The Morgan fingerprint density at radius 3 is 2.11 bits per heavy atom. The number of fused-ring (bicyclic) bond motifs is 1. The second kappa shape index (κ2) is 13.5. The van der Waals surface area contributed by atoms with E-state index in [9.17, 15) is 24.0 Å². The number of imide groups is 2. The van der Waals surface area contributed by atoms with Gasteiger partial charge in [0.25, 0.3) is 11.8 Å². The number of anilines is 2. The summed E-state index contributed by atoms with van der Waals surface area (Å²) in [6, 6.07) is 12.2. The SMILES string of the molecule is CC(C)(C)OC(=O)c1ccc(N2CCN(CCCC3CCN(c4ccc5c(c4)C(=O)N(C4CCC(=O)NC4=O)C5=O)CC3)CC2)cc1. The second-order valence-corrected chi connectivity index (χ2v) is 14.1. The van der Waals surface area contributed by atoms with Crippen molar-refractivity contribution in [3.8, 4) is 0 Å². The van der Waals surface area contributed by atoms with Crippen LogP contribution in [0.3, 0.4) is 0 Å². The van der Waals surface area contributed by atoms with Crippen molar-refractivity contribution in [1.82, 2.24) is 15.1 Å². The van der Waals surface area contributed by atoms with Gasteiger partial charge in [-0.3, -0.25) is 34.3 Å². The number of nitrogens with zero attached hydrogens (tertiary/aromatic N) is 4. The number of ether oxygens (including phenoxy) is 1. The molecule has 0 radical (unpaired) electrons. The molecule has 47 heavy (non-hydrogen) atoms. The highest BCUT2D eigenvalue weighted by Crippen LogP contribution is 2.33. The van der Waals surface area contributed by atoms with Crippen LogP contribution in [0.5, 0.6) is 0 Å². The van der Waals surface area contributed by atoms with Crippen LogP contribution >= 0.6 is 0 Å². The minimum atomic E-state index is -0.951. The lowest BCUT2D eigenvalue weighted by Crippen LogP contribution is -2.54. The number of carbonyl (C=O) groups is 5. The summed E-state index contributed by atoms with van der Waals surface area (Å²) in [5.74, 6) is -1.54. The van der Waals surface area contributed by atoms with Crippen molar-refractivity contribution in [3.63, 3.8) is 0 Å². The van der Waals surface area contributed by atoms with Crippen molar-refractivity contribution >= 4 is 41.0 Å². The zero-order valence-corrected chi connectivity index (χ0v) is 27.6. The highest BCUT2D eigenvalue weighted by atomic mass is 16.6. The molecule has 4 aliphatic heterocycles. The normalized spacial score (nSPS) is 21.3. The van der Waals surface area contributed by atoms with E-state index in [1.807, 2.05) is 51.1 Å². The Kier molecular flexibility index (Phi) is 9.36. The maximum atomic E-state index is 13.2. The number of benzene rings is 2. The van der Waals surface area contributed by atoms with Gasteiger partial charge in [-0.15, -0.1) is 0 Å². The number of nitrogens with one attached hydrogen (secondary N) is 1. The van der Waals surface area contributed by atoms with Crippen LogP contribution in [0.1, 0.15) is 90.4 Å². The molecule has 11 heteroatoms. The fraction of sp³-hybridized carbons (Fsp3) is 0.528. The first kappa shape index (κ1) is 32.7. The van der Waals surface area contributed by atoms with E-state index < -0.39 is 29.4 Å². The molecule has 3 fully saturated rings. The first-order valence-electron chi connectivity index (χ1n) is 16.9. The molecule has 6 rings (SSSR count). The van der Waals surface area contributed by atoms with Crippen molar-refractivity contribution < 1.29 is 28.7 Å². The molecule has 4 amide bonds. The zero-order valence-electron chi connectivity index (χ0n) is 27.6. The van der Waals surface area contributed by atoms with Crippen molar-refractivity contribution in [2.45, 2.75) is 70.9 Å². The number of esters is 1. The molecule has 2 aromatic carbocycles. The fourth-order valence-corrected chi connectivity index (χ4v) is 7.11. The number of carbonyl (C=O) groups excluding carboxylic acids is 5. The van der Waals surface area contributed by atoms with Crippen molar-refractivity contribution in [1.29, 1.82) is 0 Å². The molecule has 1 N–H and O–H groups in total. The monoisotopic (exact) mass is 643 g/mol. The van der Waals surface area contributed by atoms with Crippen LogP contribution in [0.15, 0.2) is 42.5 Å². The lowest BCUT2D eigenvalue weighted by atomic mass is 9.91. The summed E-state index contributed by atoms with van der Waals surface area (Å²) < 4.78 is 5.47. The number of hydrogen-bond donors (Lipinski definition) is 1. The van der Waals surface area contributed by atoms with Gasteiger partial charge in [-0.1, -0.05) is 0 Å². The standard InChI is InChI=1S/C36H45N5O6/c1-36(2,3)47-35(46)25-6-8-26(9-7-25)40-21-19-38(20-22-40)16-4-5-24-14-17-39(18-15-24)27-10-11-28-29(23-27)34(45)41(33(28)44)30-12-13-31(42)37-32(30)43/h6-11,23-24,30H,4-5,12-22H2,1-3H3,(H,37,42,43). The van der Waals surface area contributed by atoms with E-state index in [2.05, 4.69) is 20.0 Å². The Morgan fingerprint density at radius 1 is 0.809 bits per heavy atom. The molecule has 2 aromatic rings. The highest BCUT2D eigenvalue weighted by molar-refractivity contribution is 6.23. The molecule has 11 nitrogen and oxygen atoms in total. The third kappa shape index (κ3) is 7.35. The molecule has 0 aromatic heterocycles. The third-order valence-corrected chi connectivity index (χ3v) is 9.73. The van der Waals surface area contributed by atoms with Gasteiger partial charge in [0.2, 0.25) is 11.8 Å². The first-order valence-corrected chi connectivity index (χ1v) is 16.9. The van der Waals surface area contributed by atoms with E-state index in [0.717, 1.165) is 74.9 Å². The molecule has 0 saturated carbocycles. The van der Waals surface area contributed by atoms with Crippen LogP contribution in [0, 0.1) is 5.92 Å². The molecule has 1 unspecified atom stereocenters. The van der Waals surface area contributed by atoms with Crippen LogP contribution in [0.4, 0.5) is 11.4 Å². The van der Waals surface area contributed by atoms with Gasteiger partial charge in [-0.05, 0) is 108 Å². The van der Waals surface area contributed by atoms with Crippen molar-refractivity contribution in [3.05, 3.63) is 59.2 Å². The Hall–Kier alpha value is -4.25. The summed E-state index contributed by atoms with van der Waals surface area (Å²) in [4.78, 5) is 70.7. The number of hydrogen-bond acceptors (Lipinski definition) is 9. The van der Waals surface area contributed by atoms with E-state index in [-0.39, 0.29) is 24.7 Å². The average Bonchev–Trinajstić information content (AvgIpc) is 3.29. The molecule has 3 saturated heterocycles. The van der Waals surface area contributed by atoms with Crippen LogP contribution < -0.4 is 15.1 Å². The van der Waals surface area contributed by atoms with Gasteiger partial charge in [0.05, 0.1) is 16.7 Å². The first-order chi connectivity index (χ1) is 22.5. The molecule has 4 heterocycles. The smallest absolute Gasteiger partial charge is 0.338 e. The topological polar surface area (TPSA) is 120 Å². The van der Waals surface area contributed by atoms with Crippen LogP contribution in [-0.4, -0.2) is 96.9 Å². The summed E-state index contributed by atoms with van der Waals surface area (Å²) in [7, 11) is 0. The van der Waals surface area contributed by atoms with Crippen LogP contribution in [0.2, 0.25) is 0 Å². The largest absolute Gasteiger partial charge is 0.456 e. The van der Waals surface area contributed by atoms with E-state index in [1.54, 1.807) is 12.1 Å². The minimum Gasteiger partial charge on any atom is -0.456 e. The molecule has 1 atom stereocenters. The summed E-state index contributed by atoms with van der Waals surface area (Å²) in [5.41, 5.74) is 2.77. The Balaban J connectivity index is 0.923. The van der Waals surface area contributed by atoms with Gasteiger partial charge < -0.3 is 14.5 Å². The van der Waals surface area contributed by atoms with E-state index >= 15 is 0 Å². The Labute approximate surface area is 276 Å². The minimum absolute atomic E-state index is 0.107. The predicted octanol–water partition coefficient (Wildman–Crippen LogP) is 3.86. The molecule has 0 spiro atoms. The lowest BCUT2D eigenvalue weighted by molar-refractivity contribution is -0.136. The Morgan fingerprint density at radius 2 is 1.45 bits per heavy atom. The molecule has 4 aliphatic rings. The summed E-state index contributed by atoms with van der Waals surface area (Å²) in [6.07, 6.45) is 4.79. The summed E-state index contributed by atoms with van der Waals surface area (Å²) >= 11 is 0. The second-order valence-electron chi connectivity index (χ2n) is 14.1. The van der Waals surface area contributed by atoms with Gasteiger partial charge in [0, 0.05) is 57.1 Å². The predicted molar refractivity (Wildman–Crippen MR) is 178 cm³/mol. The van der Waals surface area contributed by atoms with E-state index in [1.165, 1.54) is 12.8 Å². The van der Waals surface area contributed by atoms with Gasteiger partial charge in [0.1, 0.15) is 11.6 Å². The maximum Gasteiger partial charge on any atom is 0.338 e. The summed E-state index contributed by atoms with van der Waals surface area (Å²) in [6.45, 7) is 12.5. The third-order valence-electron chi connectivity index (χ3n) is 9.73. The fourth-order valence-electron chi connectivity index (χ4n) is 7.11. The van der Waals surface area contributed by atoms with Crippen LogP contribution in [-0.2, 0) is 14.3 Å². The van der Waals surface area contributed by atoms with Gasteiger partial charge in [0.15, 0.2) is 0 Å². The molecule has 0 bridgehead atoms. The average molecular weight is 644 g/mol. The van der Waals surface area contributed by atoms with Crippen LogP contribution in [0.25, 0.3) is 0 Å². The van der Waals surface area contributed by atoms with Crippen molar-refractivity contribution in [2.75, 3.05) is 55.6 Å². The van der Waals surface area contributed by atoms with Gasteiger partial charge >= 0.3 is 5.97 Å². The van der Waals surface area contributed by atoms with E-state index in [0.29, 0.717) is 22.6 Å². The summed E-state index contributed by atoms with van der Waals surface area (Å²) in [5, 5.41) is 2.24. The van der Waals surface area contributed by atoms with Gasteiger partial charge in [-0.25, -0.2) is 4.79 Å². The highest BCUT2D eigenvalue weighted by Gasteiger charge is 2.44. The molecular weight excluding hydrogens is 598 g/mol. The van der Waals surface area contributed by atoms with Gasteiger partial charge in [-0.2, -0.15) is 0 Å². The number of piperidine rings is 2. The van der Waals surface area contributed by atoms with Crippen molar-refractivity contribution in [2.24, 2.45) is 5.92 Å². The quantitative estimate of drug-likeness (QED) is 0.338. The number of amides is 4. The number of piperazine rings is 1. The molecular formula is C36H45N5O6. The molecule has 250 valence electrons. The zero-order chi connectivity index (χ0) is 33.3. The maximum absolute atomic E-state index is 13.2. The number of rotatable bonds is 8. The van der Waals surface area contributed by atoms with E-state index in [4.69, 9.17) is 4.74 Å². The Bertz CT molecular complexity index is 1530. The lowest BCUT2D eigenvalue weighted by Gasteiger charge is -2.37. The molecule has 0 aliphatic carbocycles.